The van der Waals surface area contributed by atoms with E-state index in [1.807, 2.05) is 6.92 Å². The van der Waals surface area contributed by atoms with E-state index < -0.39 is 46.1 Å². The molecule has 0 saturated heterocycles. The fourth-order valence-corrected chi connectivity index (χ4v) is 1.78. The minimum absolute atomic E-state index is 0.0531. The molecule has 1 rings (SSSR count). The molecule has 0 radical (unpaired) electrons. The lowest BCUT2D eigenvalue weighted by Crippen LogP contribution is -2.20. The van der Waals surface area contributed by atoms with E-state index in [4.69, 9.17) is 20.1 Å². The summed E-state index contributed by atoms with van der Waals surface area (Å²) in [5, 5.41) is 27.2. The minimum Gasteiger partial charge on any atom is -0.478 e. The molecule has 118 valence electrons. The van der Waals surface area contributed by atoms with E-state index in [0.717, 1.165) is 18.6 Å². The first-order chi connectivity index (χ1) is 10.3. The zero-order valence-electron chi connectivity index (χ0n) is 11.7. The summed E-state index contributed by atoms with van der Waals surface area (Å²) >= 11 is 0. The van der Waals surface area contributed by atoms with Gasteiger partial charge in [-0.05, 0) is 18.6 Å². The Labute approximate surface area is 124 Å². The van der Waals surface area contributed by atoms with Crippen molar-refractivity contribution in [2.24, 2.45) is 0 Å². The van der Waals surface area contributed by atoms with E-state index in [2.05, 4.69) is 0 Å². The third kappa shape index (κ3) is 3.60. The van der Waals surface area contributed by atoms with Gasteiger partial charge in [0, 0.05) is 0 Å². The van der Waals surface area contributed by atoms with E-state index >= 15 is 0 Å². The van der Waals surface area contributed by atoms with E-state index in [-0.39, 0.29) is 6.61 Å². The zero-order valence-corrected chi connectivity index (χ0v) is 11.7. The van der Waals surface area contributed by atoms with Gasteiger partial charge in [-0.25, -0.2) is 19.2 Å². The third-order valence-electron chi connectivity index (χ3n) is 2.81. The van der Waals surface area contributed by atoms with Crippen LogP contribution in [0.25, 0.3) is 0 Å². The highest BCUT2D eigenvalue weighted by atomic mass is 16.5. The number of ether oxygens (including phenoxy) is 1. The summed E-state index contributed by atoms with van der Waals surface area (Å²) < 4.78 is 4.85. The van der Waals surface area contributed by atoms with Gasteiger partial charge < -0.3 is 20.1 Å². The van der Waals surface area contributed by atoms with E-state index in [0.29, 0.717) is 6.42 Å². The average Bonchev–Trinajstić information content (AvgIpc) is 2.45. The van der Waals surface area contributed by atoms with Crippen LogP contribution in [0.3, 0.4) is 0 Å². The molecule has 8 nitrogen and oxygen atoms in total. The molecule has 0 saturated carbocycles. The van der Waals surface area contributed by atoms with Gasteiger partial charge in [0.2, 0.25) is 0 Å². The molecule has 0 atom stereocenters. The summed E-state index contributed by atoms with van der Waals surface area (Å²) in [6.07, 6.45) is 1.31. The lowest BCUT2D eigenvalue weighted by molar-refractivity contribution is 0.0487. The average molecular weight is 310 g/mol. The molecule has 0 amide bonds. The van der Waals surface area contributed by atoms with Gasteiger partial charge in [0.05, 0.1) is 28.9 Å². The predicted octanol–water partition coefficient (Wildman–Crippen LogP) is 1.74. The molecular weight excluding hydrogens is 296 g/mol. The first-order valence-electron chi connectivity index (χ1n) is 6.35. The quantitative estimate of drug-likeness (QED) is 0.511. The topological polar surface area (TPSA) is 138 Å². The van der Waals surface area contributed by atoms with E-state index in [9.17, 15) is 19.2 Å². The van der Waals surface area contributed by atoms with Crippen molar-refractivity contribution in [3.05, 3.63) is 34.4 Å². The van der Waals surface area contributed by atoms with Gasteiger partial charge in [-0.2, -0.15) is 0 Å². The van der Waals surface area contributed by atoms with Crippen molar-refractivity contribution < 1.29 is 39.2 Å². The molecule has 0 heterocycles. The van der Waals surface area contributed by atoms with Gasteiger partial charge in [-0.3, -0.25) is 0 Å². The molecule has 1 aromatic rings. The Hall–Kier alpha value is -2.90. The zero-order chi connectivity index (χ0) is 16.9. The van der Waals surface area contributed by atoms with Crippen molar-refractivity contribution in [1.82, 2.24) is 0 Å². The number of carboxylic acid groups (broad SMARTS) is 3. The molecule has 0 aliphatic carbocycles. The standard InChI is InChI=1S/C14H14O8/c1-2-3-6-22-14(21)8-5-4-7(11(15)16)9(12(17)18)10(8)13(19)20/h4-5H,2-3,6H2,1H3,(H,15,16)(H,17,18)(H,19,20). The highest BCUT2D eigenvalue weighted by molar-refractivity contribution is 6.13. The first kappa shape index (κ1) is 17.2. The number of esters is 1. The second-order valence-electron chi connectivity index (χ2n) is 4.32. The largest absolute Gasteiger partial charge is 0.478 e. The van der Waals surface area contributed by atoms with Gasteiger partial charge in [0.25, 0.3) is 0 Å². The molecule has 0 bridgehead atoms. The van der Waals surface area contributed by atoms with Crippen LogP contribution in [0, 0.1) is 0 Å². The smallest absolute Gasteiger partial charge is 0.339 e. The molecule has 22 heavy (non-hydrogen) atoms. The third-order valence-corrected chi connectivity index (χ3v) is 2.81. The van der Waals surface area contributed by atoms with Crippen LogP contribution in [0.4, 0.5) is 0 Å². The highest BCUT2D eigenvalue weighted by Gasteiger charge is 2.29. The van der Waals surface area contributed by atoms with Crippen LogP contribution in [-0.2, 0) is 4.74 Å². The molecule has 0 aromatic heterocycles. The molecule has 0 aliphatic rings. The minimum atomic E-state index is -1.75. The maximum atomic E-state index is 11.9. The Morgan fingerprint density at radius 2 is 1.41 bits per heavy atom. The van der Waals surface area contributed by atoms with Crippen LogP contribution < -0.4 is 0 Å². The lowest BCUT2D eigenvalue weighted by Gasteiger charge is -2.11. The predicted molar refractivity (Wildman–Crippen MR) is 72.5 cm³/mol. The Balaban J connectivity index is 3.44. The van der Waals surface area contributed by atoms with Crippen molar-refractivity contribution in [2.75, 3.05) is 6.61 Å². The van der Waals surface area contributed by atoms with Gasteiger partial charge in [0.1, 0.15) is 0 Å². The van der Waals surface area contributed by atoms with Gasteiger partial charge in [-0.15, -0.1) is 0 Å². The van der Waals surface area contributed by atoms with Crippen molar-refractivity contribution in [3.63, 3.8) is 0 Å². The van der Waals surface area contributed by atoms with Crippen LogP contribution in [0.2, 0.25) is 0 Å². The molecule has 3 N–H and O–H groups in total. The van der Waals surface area contributed by atoms with Gasteiger partial charge in [-0.1, -0.05) is 13.3 Å². The highest BCUT2D eigenvalue weighted by Crippen LogP contribution is 2.21. The number of carboxylic acids is 3. The lowest BCUT2D eigenvalue weighted by atomic mass is 9.95. The Morgan fingerprint density at radius 1 is 0.909 bits per heavy atom. The number of aromatic carboxylic acids is 3. The summed E-state index contributed by atoms with van der Waals surface area (Å²) in [5.74, 6) is -6.09. The van der Waals surface area contributed by atoms with E-state index in [1.54, 1.807) is 0 Å². The number of unbranched alkanes of at least 4 members (excludes halogenated alkanes) is 1. The van der Waals surface area contributed by atoms with Crippen molar-refractivity contribution >= 4 is 23.9 Å². The Kier molecular flexibility index (Phi) is 5.62. The monoisotopic (exact) mass is 310 g/mol. The molecule has 0 unspecified atom stereocenters. The van der Waals surface area contributed by atoms with Crippen molar-refractivity contribution in [2.45, 2.75) is 19.8 Å². The SMILES string of the molecule is CCCCOC(=O)c1ccc(C(=O)O)c(C(=O)O)c1C(=O)O. The van der Waals surface area contributed by atoms with Crippen LogP contribution in [0.5, 0.6) is 0 Å². The Morgan fingerprint density at radius 3 is 1.86 bits per heavy atom. The number of carbonyl (C=O) groups is 4. The molecule has 0 fully saturated rings. The summed E-state index contributed by atoms with van der Waals surface area (Å²) in [6, 6.07) is 1.81. The van der Waals surface area contributed by atoms with Crippen LogP contribution in [-0.4, -0.2) is 45.8 Å². The fraction of sp³-hybridized carbons (Fsp3) is 0.286. The number of benzene rings is 1. The maximum absolute atomic E-state index is 11.9. The maximum Gasteiger partial charge on any atom is 0.339 e. The van der Waals surface area contributed by atoms with Crippen LogP contribution in [0.1, 0.15) is 61.2 Å². The molecule has 1 aromatic carbocycles. The summed E-state index contributed by atoms with van der Waals surface area (Å²) in [5.41, 5.74) is -3.06. The van der Waals surface area contributed by atoms with Crippen LogP contribution >= 0.6 is 0 Å². The Bertz CT molecular complexity index is 632. The summed E-state index contributed by atoms with van der Waals surface area (Å²) in [6.45, 7) is 1.91. The number of hydrogen-bond donors (Lipinski definition) is 3. The van der Waals surface area contributed by atoms with Crippen molar-refractivity contribution in [1.29, 1.82) is 0 Å². The van der Waals surface area contributed by atoms with E-state index in [1.165, 1.54) is 0 Å². The fourth-order valence-electron chi connectivity index (χ4n) is 1.78. The number of rotatable bonds is 7. The molecule has 0 spiro atoms. The van der Waals surface area contributed by atoms with Gasteiger partial charge >= 0.3 is 23.9 Å². The number of carbonyl (C=O) groups excluding carboxylic acids is 1. The molecule has 0 aliphatic heterocycles. The molecule has 8 heteroatoms. The normalized spacial score (nSPS) is 10.0. The second-order valence-corrected chi connectivity index (χ2v) is 4.32. The first-order valence-corrected chi connectivity index (χ1v) is 6.35. The number of hydrogen-bond acceptors (Lipinski definition) is 5. The molecular formula is C14H14O8. The van der Waals surface area contributed by atoms with Gasteiger partial charge in [0.15, 0.2) is 0 Å². The summed E-state index contributed by atoms with van der Waals surface area (Å²) in [7, 11) is 0. The van der Waals surface area contributed by atoms with Crippen molar-refractivity contribution in [3.8, 4) is 0 Å². The second kappa shape index (κ2) is 7.21. The van der Waals surface area contributed by atoms with Crippen LogP contribution in [0.15, 0.2) is 12.1 Å². The summed E-state index contributed by atoms with van der Waals surface area (Å²) in [4.78, 5) is 45.4.